The van der Waals surface area contributed by atoms with Gasteiger partial charge in [0.05, 0.1) is 37.0 Å². The van der Waals surface area contributed by atoms with Crippen LogP contribution in [0.15, 0.2) is 72.7 Å². The van der Waals surface area contributed by atoms with Gasteiger partial charge < -0.3 is 9.64 Å². The summed E-state index contributed by atoms with van der Waals surface area (Å²) in [6.07, 6.45) is 7.24. The molecule has 0 aliphatic carbocycles. The summed E-state index contributed by atoms with van der Waals surface area (Å²) in [5.41, 5.74) is 9.81. The minimum Gasteiger partial charge on any atom is -0.378 e. The fourth-order valence-corrected chi connectivity index (χ4v) is 3.77. The molecule has 8 nitrogen and oxygen atoms in total. The average Bonchev–Trinajstić information content (AvgIpc) is 3.29. The molecule has 4 aromatic rings. The van der Waals surface area contributed by atoms with E-state index in [0.717, 1.165) is 52.4 Å². The number of nitrogens with zero attached hydrogens (tertiary/aromatic N) is 6. The number of rotatable bonds is 6. The van der Waals surface area contributed by atoms with Gasteiger partial charge in [0, 0.05) is 37.1 Å². The number of aromatic nitrogens is 4. The third-order valence-electron chi connectivity index (χ3n) is 5.51. The number of hydrogen-bond donors (Lipinski definition) is 1. The number of allylic oxidation sites excluding steroid dienone is 1. The Morgan fingerprint density at radius 2 is 1.97 bits per heavy atom. The van der Waals surface area contributed by atoms with Gasteiger partial charge in [-0.2, -0.15) is 5.10 Å². The second kappa shape index (κ2) is 9.22. The van der Waals surface area contributed by atoms with E-state index in [1.54, 1.807) is 23.1 Å². The molecule has 5 rings (SSSR count). The fraction of sp³-hybridized carbons (Fsp3) is 0.200. The topological polar surface area (TPSA) is 79.9 Å². The van der Waals surface area contributed by atoms with Crippen LogP contribution in [0.25, 0.3) is 22.5 Å². The lowest BCUT2D eigenvalue weighted by Crippen LogP contribution is -2.36. The van der Waals surface area contributed by atoms with Crippen LogP contribution in [0.1, 0.15) is 18.1 Å². The van der Waals surface area contributed by atoms with Gasteiger partial charge in [0.2, 0.25) is 0 Å². The zero-order chi connectivity index (χ0) is 22.6. The van der Waals surface area contributed by atoms with Crippen LogP contribution in [-0.4, -0.2) is 52.1 Å². The fourth-order valence-electron chi connectivity index (χ4n) is 3.77. The van der Waals surface area contributed by atoms with Crippen molar-refractivity contribution in [2.24, 2.45) is 5.10 Å². The zero-order valence-corrected chi connectivity index (χ0v) is 18.5. The monoisotopic (exact) mass is 439 g/mol. The third-order valence-corrected chi connectivity index (χ3v) is 5.51. The summed E-state index contributed by atoms with van der Waals surface area (Å²) < 4.78 is 7.35. The molecule has 0 bridgehead atoms. The lowest BCUT2D eigenvalue weighted by molar-refractivity contribution is 0.123. The first-order chi connectivity index (χ1) is 16.2. The van der Waals surface area contributed by atoms with Crippen LogP contribution in [0, 0.1) is 0 Å². The van der Waals surface area contributed by atoms with Crippen LogP contribution in [0.4, 0.5) is 11.5 Å². The van der Waals surface area contributed by atoms with Crippen molar-refractivity contribution in [3.05, 3.63) is 78.8 Å². The van der Waals surface area contributed by atoms with Crippen molar-refractivity contribution in [1.82, 2.24) is 19.6 Å². The molecule has 1 fully saturated rings. The van der Waals surface area contributed by atoms with Crippen molar-refractivity contribution < 1.29 is 4.74 Å². The number of hydrogen-bond acceptors (Lipinski definition) is 7. The number of ether oxygens (including phenoxy) is 1. The molecule has 8 heteroatoms. The van der Waals surface area contributed by atoms with E-state index in [2.05, 4.69) is 33.1 Å². The molecule has 0 amide bonds. The molecule has 0 unspecified atom stereocenters. The summed E-state index contributed by atoms with van der Waals surface area (Å²) in [4.78, 5) is 11.2. The SMILES string of the molecule is C=C(C)c1cccc(/C=N\Nc2cc(N3CCOCC3)c3nc(-c4ccncc4)cn3n2)c1. The second-order valence-corrected chi connectivity index (χ2v) is 7.92. The maximum atomic E-state index is 5.54. The van der Waals surface area contributed by atoms with E-state index in [1.165, 1.54) is 0 Å². The Hall–Kier alpha value is -4.04. The third kappa shape index (κ3) is 4.61. The van der Waals surface area contributed by atoms with Crippen LogP contribution in [0.5, 0.6) is 0 Å². The van der Waals surface area contributed by atoms with Crippen LogP contribution < -0.4 is 10.3 Å². The summed E-state index contributed by atoms with van der Waals surface area (Å²) in [5, 5.41) is 9.11. The highest BCUT2D eigenvalue weighted by Crippen LogP contribution is 2.27. The lowest BCUT2D eigenvalue weighted by Gasteiger charge is -2.29. The summed E-state index contributed by atoms with van der Waals surface area (Å²) in [5.74, 6) is 0.634. The summed E-state index contributed by atoms with van der Waals surface area (Å²) in [6.45, 7) is 8.97. The largest absolute Gasteiger partial charge is 0.378 e. The highest BCUT2D eigenvalue weighted by atomic mass is 16.5. The highest BCUT2D eigenvalue weighted by molar-refractivity contribution is 5.82. The Bertz CT molecular complexity index is 1310. The molecule has 1 saturated heterocycles. The van der Waals surface area contributed by atoms with Gasteiger partial charge in [0.1, 0.15) is 0 Å². The normalized spacial score (nSPS) is 14.2. The van der Waals surface area contributed by atoms with Crippen molar-refractivity contribution in [3.8, 4) is 11.3 Å². The average molecular weight is 440 g/mol. The molecule has 3 aromatic heterocycles. The predicted molar refractivity (Wildman–Crippen MR) is 132 cm³/mol. The van der Waals surface area contributed by atoms with Gasteiger partial charge in [-0.05, 0) is 36.2 Å². The number of hydrazone groups is 1. The minimum absolute atomic E-state index is 0.634. The van der Waals surface area contributed by atoms with E-state index in [4.69, 9.17) is 14.8 Å². The molecule has 4 heterocycles. The highest BCUT2D eigenvalue weighted by Gasteiger charge is 2.18. The summed E-state index contributed by atoms with van der Waals surface area (Å²) in [7, 11) is 0. The first-order valence-electron chi connectivity index (χ1n) is 10.9. The number of fused-ring (bicyclic) bond motifs is 1. The van der Waals surface area contributed by atoms with Gasteiger partial charge in [-0.1, -0.05) is 30.4 Å². The first kappa shape index (κ1) is 20.8. The number of pyridine rings is 1. The maximum Gasteiger partial charge on any atom is 0.177 e. The molecule has 1 aromatic carbocycles. The zero-order valence-electron chi connectivity index (χ0n) is 18.5. The molecule has 166 valence electrons. The smallest absolute Gasteiger partial charge is 0.177 e. The van der Waals surface area contributed by atoms with Gasteiger partial charge in [-0.15, -0.1) is 5.10 Å². The number of benzene rings is 1. The van der Waals surface area contributed by atoms with E-state index < -0.39 is 0 Å². The van der Waals surface area contributed by atoms with Crippen LogP contribution in [-0.2, 0) is 4.74 Å². The molecule has 1 aliphatic heterocycles. The van der Waals surface area contributed by atoms with E-state index >= 15 is 0 Å². The standard InChI is InChI=1S/C25H25N7O/c1-18(2)21-5-3-4-19(14-21)16-27-29-24-15-23(31-10-12-33-13-11-31)25-28-22(17-32(25)30-24)20-6-8-26-9-7-20/h3-9,14-17H,1,10-13H2,2H3,(H,29,30)/b27-16-. The van der Waals surface area contributed by atoms with Crippen LogP contribution in [0.2, 0.25) is 0 Å². The Kier molecular flexibility index (Phi) is 5.82. The first-order valence-corrected chi connectivity index (χ1v) is 10.9. The van der Waals surface area contributed by atoms with Crippen molar-refractivity contribution in [2.45, 2.75) is 6.92 Å². The predicted octanol–water partition coefficient (Wildman–Crippen LogP) is 4.11. The molecular formula is C25H25N7O. The Balaban J connectivity index is 1.48. The molecule has 0 saturated carbocycles. The number of nitrogens with one attached hydrogen (secondary N) is 1. The molecule has 1 aliphatic rings. The Morgan fingerprint density at radius 1 is 1.15 bits per heavy atom. The van der Waals surface area contributed by atoms with Crippen molar-refractivity contribution in [3.63, 3.8) is 0 Å². The van der Waals surface area contributed by atoms with Crippen molar-refractivity contribution in [1.29, 1.82) is 0 Å². The van der Waals surface area contributed by atoms with Gasteiger partial charge in [0.15, 0.2) is 11.5 Å². The Morgan fingerprint density at radius 3 is 2.76 bits per heavy atom. The van der Waals surface area contributed by atoms with Gasteiger partial charge in [-0.25, -0.2) is 9.50 Å². The van der Waals surface area contributed by atoms with E-state index in [-0.39, 0.29) is 0 Å². The second-order valence-electron chi connectivity index (χ2n) is 7.92. The van der Waals surface area contributed by atoms with Crippen LogP contribution in [0.3, 0.4) is 0 Å². The lowest BCUT2D eigenvalue weighted by atomic mass is 10.1. The molecule has 0 radical (unpaired) electrons. The summed E-state index contributed by atoms with van der Waals surface area (Å²) >= 11 is 0. The molecule has 0 spiro atoms. The molecular weight excluding hydrogens is 414 g/mol. The minimum atomic E-state index is 0.634. The molecule has 1 N–H and O–H groups in total. The van der Waals surface area contributed by atoms with Gasteiger partial charge in [-0.3, -0.25) is 10.4 Å². The van der Waals surface area contributed by atoms with Crippen molar-refractivity contribution >= 4 is 28.9 Å². The van der Waals surface area contributed by atoms with E-state index in [1.807, 2.05) is 49.5 Å². The maximum absolute atomic E-state index is 5.54. The van der Waals surface area contributed by atoms with Crippen LogP contribution >= 0.6 is 0 Å². The Labute approximate surface area is 192 Å². The van der Waals surface area contributed by atoms with Crippen molar-refractivity contribution in [2.75, 3.05) is 36.6 Å². The van der Waals surface area contributed by atoms with Gasteiger partial charge in [0.25, 0.3) is 0 Å². The number of anilines is 2. The summed E-state index contributed by atoms with van der Waals surface area (Å²) in [6, 6.07) is 14.0. The molecule has 33 heavy (non-hydrogen) atoms. The number of morpholine rings is 1. The van der Waals surface area contributed by atoms with E-state index in [9.17, 15) is 0 Å². The quantitative estimate of drug-likeness (QED) is 0.360. The van der Waals surface area contributed by atoms with E-state index in [0.29, 0.717) is 19.0 Å². The van der Waals surface area contributed by atoms with Gasteiger partial charge >= 0.3 is 0 Å². The molecule has 0 atom stereocenters. The number of imidazole rings is 1.